The first-order valence-electron chi connectivity index (χ1n) is 12.3. The minimum atomic E-state index is -0.303. The SMILES string of the molecule is [C-]#[N+]c1ccc2c(n1)c(N1CCN(C(c3ccc(F)cc3)c3ccc(F)cc3)[C@@H](CC)C1)cc(=O)n2C. The van der Waals surface area contributed by atoms with Gasteiger partial charge in [0, 0.05) is 38.8 Å². The van der Waals surface area contributed by atoms with E-state index in [4.69, 9.17) is 6.57 Å². The molecule has 1 aliphatic rings. The smallest absolute Gasteiger partial charge is 0.270 e. The lowest BCUT2D eigenvalue weighted by atomic mass is 9.93. The molecule has 3 heterocycles. The molecule has 6 nitrogen and oxygen atoms in total. The van der Waals surface area contributed by atoms with Gasteiger partial charge in [-0.3, -0.25) is 9.69 Å². The number of hydrogen-bond donors (Lipinski definition) is 0. The van der Waals surface area contributed by atoms with Gasteiger partial charge < -0.3 is 14.3 Å². The average Bonchev–Trinajstić information content (AvgIpc) is 2.92. The molecule has 0 unspecified atom stereocenters. The number of hydrogen-bond acceptors (Lipinski definition) is 4. The molecular weight excluding hydrogens is 472 g/mol. The maximum Gasteiger partial charge on any atom is 0.270 e. The molecule has 37 heavy (non-hydrogen) atoms. The largest absolute Gasteiger partial charge is 0.365 e. The monoisotopic (exact) mass is 499 g/mol. The van der Waals surface area contributed by atoms with Crippen LogP contribution in [0.5, 0.6) is 0 Å². The molecule has 4 aromatic rings. The van der Waals surface area contributed by atoms with E-state index in [9.17, 15) is 13.6 Å². The number of benzene rings is 2. The average molecular weight is 500 g/mol. The fraction of sp³-hybridized carbons (Fsp3) is 0.276. The maximum atomic E-state index is 13.8. The van der Waals surface area contributed by atoms with Crippen LogP contribution in [-0.2, 0) is 7.05 Å². The van der Waals surface area contributed by atoms with Crippen LogP contribution < -0.4 is 10.5 Å². The molecule has 1 atom stereocenters. The Morgan fingerprint density at radius 3 is 2.19 bits per heavy atom. The van der Waals surface area contributed by atoms with E-state index in [1.54, 1.807) is 54.1 Å². The van der Waals surface area contributed by atoms with Crippen LogP contribution in [-0.4, -0.2) is 40.1 Å². The summed E-state index contributed by atoms with van der Waals surface area (Å²) in [6, 6.07) is 17.9. The summed E-state index contributed by atoms with van der Waals surface area (Å²) in [5.74, 6) is -0.324. The summed E-state index contributed by atoms with van der Waals surface area (Å²) in [6.45, 7) is 11.4. The summed E-state index contributed by atoms with van der Waals surface area (Å²) >= 11 is 0. The quantitative estimate of drug-likeness (QED) is 0.343. The van der Waals surface area contributed by atoms with Gasteiger partial charge in [0.2, 0.25) is 5.52 Å². The van der Waals surface area contributed by atoms with E-state index < -0.39 is 0 Å². The van der Waals surface area contributed by atoms with Crippen molar-refractivity contribution in [3.05, 3.63) is 111 Å². The number of aryl methyl sites for hydroxylation is 1. The Kier molecular flexibility index (Phi) is 6.72. The molecule has 0 saturated carbocycles. The molecule has 1 fully saturated rings. The van der Waals surface area contributed by atoms with Gasteiger partial charge in [-0.25, -0.2) is 8.78 Å². The van der Waals surface area contributed by atoms with Gasteiger partial charge in [0.15, 0.2) is 0 Å². The highest BCUT2D eigenvalue weighted by atomic mass is 19.1. The van der Waals surface area contributed by atoms with Crippen LogP contribution in [0.1, 0.15) is 30.5 Å². The van der Waals surface area contributed by atoms with Crippen LogP contribution in [0.4, 0.5) is 20.3 Å². The minimum Gasteiger partial charge on any atom is -0.365 e. The lowest BCUT2D eigenvalue weighted by Crippen LogP contribution is -2.54. The van der Waals surface area contributed by atoms with Gasteiger partial charge in [-0.1, -0.05) is 37.8 Å². The molecule has 1 aliphatic heterocycles. The Bertz CT molecular complexity index is 1480. The van der Waals surface area contributed by atoms with Crippen molar-refractivity contribution in [2.45, 2.75) is 25.4 Å². The number of piperazine rings is 1. The van der Waals surface area contributed by atoms with Gasteiger partial charge in [0.1, 0.15) is 11.6 Å². The van der Waals surface area contributed by atoms with Crippen molar-refractivity contribution in [1.29, 1.82) is 0 Å². The Morgan fingerprint density at radius 1 is 1.00 bits per heavy atom. The summed E-state index contributed by atoms with van der Waals surface area (Å²) < 4.78 is 29.0. The number of nitrogens with zero attached hydrogens (tertiary/aromatic N) is 5. The first-order chi connectivity index (χ1) is 17.9. The van der Waals surface area contributed by atoms with E-state index in [-0.39, 0.29) is 35.1 Å². The minimum absolute atomic E-state index is 0.0945. The highest BCUT2D eigenvalue weighted by Crippen LogP contribution is 2.35. The molecule has 0 radical (unpaired) electrons. The fourth-order valence-corrected chi connectivity index (χ4v) is 5.26. The Labute approximate surface area is 214 Å². The van der Waals surface area contributed by atoms with E-state index in [1.807, 2.05) is 0 Å². The van der Waals surface area contributed by atoms with Gasteiger partial charge in [-0.2, -0.15) is 0 Å². The van der Waals surface area contributed by atoms with Crippen LogP contribution in [0.3, 0.4) is 0 Å². The van der Waals surface area contributed by atoms with Crippen molar-refractivity contribution < 1.29 is 8.78 Å². The molecule has 0 aliphatic carbocycles. The van der Waals surface area contributed by atoms with Gasteiger partial charge in [-0.15, -0.1) is 4.98 Å². The molecule has 2 aromatic carbocycles. The zero-order valence-electron chi connectivity index (χ0n) is 20.7. The normalized spacial score (nSPS) is 16.3. The van der Waals surface area contributed by atoms with E-state index in [2.05, 4.69) is 26.6 Å². The third-order valence-electron chi connectivity index (χ3n) is 7.21. The summed E-state index contributed by atoms with van der Waals surface area (Å²) in [5.41, 5.74) is 3.77. The zero-order chi connectivity index (χ0) is 26.1. The summed E-state index contributed by atoms with van der Waals surface area (Å²) in [7, 11) is 1.70. The van der Waals surface area contributed by atoms with E-state index >= 15 is 0 Å². The van der Waals surface area contributed by atoms with Crippen molar-refractivity contribution in [3.8, 4) is 0 Å². The predicted octanol–water partition coefficient (Wildman–Crippen LogP) is 5.45. The van der Waals surface area contributed by atoms with Crippen LogP contribution in [0.25, 0.3) is 15.9 Å². The molecule has 0 bridgehead atoms. The summed E-state index contributed by atoms with van der Waals surface area (Å²) in [5, 5.41) is 0. The first-order valence-corrected chi connectivity index (χ1v) is 12.3. The predicted molar refractivity (Wildman–Crippen MR) is 141 cm³/mol. The van der Waals surface area contributed by atoms with Gasteiger partial charge in [0.25, 0.3) is 11.4 Å². The van der Waals surface area contributed by atoms with Crippen molar-refractivity contribution in [2.24, 2.45) is 7.05 Å². The second-order valence-electron chi connectivity index (χ2n) is 9.33. The molecule has 0 spiro atoms. The molecule has 1 saturated heterocycles. The molecule has 0 N–H and O–H groups in total. The van der Waals surface area contributed by atoms with Crippen molar-refractivity contribution in [2.75, 3.05) is 24.5 Å². The number of aromatic nitrogens is 2. The molecule has 8 heteroatoms. The molecule has 5 rings (SSSR count). The highest BCUT2D eigenvalue weighted by Gasteiger charge is 2.34. The highest BCUT2D eigenvalue weighted by molar-refractivity contribution is 5.89. The first kappa shape index (κ1) is 24.6. The van der Waals surface area contributed by atoms with Crippen molar-refractivity contribution in [3.63, 3.8) is 0 Å². The van der Waals surface area contributed by atoms with E-state index in [1.165, 1.54) is 24.3 Å². The topological polar surface area (TPSA) is 45.7 Å². The van der Waals surface area contributed by atoms with Crippen LogP contribution in [0, 0.1) is 18.2 Å². The third-order valence-corrected chi connectivity index (χ3v) is 7.21. The van der Waals surface area contributed by atoms with Crippen LogP contribution in [0.15, 0.2) is 71.5 Å². The molecule has 0 amide bonds. The maximum absolute atomic E-state index is 13.8. The second kappa shape index (κ2) is 10.1. The Morgan fingerprint density at radius 2 is 1.62 bits per heavy atom. The lowest BCUT2D eigenvalue weighted by molar-refractivity contribution is 0.135. The molecular formula is C29H27F2N5O. The second-order valence-corrected chi connectivity index (χ2v) is 9.33. The molecule has 188 valence electrons. The van der Waals surface area contributed by atoms with E-state index in [0.29, 0.717) is 30.7 Å². The van der Waals surface area contributed by atoms with Gasteiger partial charge in [0.05, 0.1) is 17.2 Å². The fourth-order valence-electron chi connectivity index (χ4n) is 5.26. The standard InChI is InChI=1S/C29H27F2N5O/c1-4-23-18-35(25-17-27(37)34(3)24-13-14-26(32-2)33-28(24)25)15-16-36(23)29(19-5-9-21(30)10-6-19)20-7-11-22(31)12-8-20/h5-14,17,23,29H,4,15-16,18H2,1,3H3/t23-/m0/s1. The van der Waals surface area contributed by atoms with Gasteiger partial charge >= 0.3 is 0 Å². The number of anilines is 1. The number of fused-ring (bicyclic) bond motifs is 1. The van der Waals surface area contributed by atoms with Crippen molar-refractivity contribution >= 4 is 22.5 Å². The third kappa shape index (κ3) is 4.70. The Hall–Kier alpha value is -4.09. The number of rotatable bonds is 5. The zero-order valence-corrected chi connectivity index (χ0v) is 20.7. The summed E-state index contributed by atoms with van der Waals surface area (Å²) in [6.07, 6.45) is 0.832. The van der Waals surface area contributed by atoms with E-state index in [0.717, 1.165) is 23.2 Å². The summed E-state index contributed by atoms with van der Waals surface area (Å²) in [4.78, 5) is 25.3. The lowest BCUT2D eigenvalue weighted by Gasteiger charge is -2.46. The number of pyridine rings is 2. The van der Waals surface area contributed by atoms with Gasteiger partial charge in [-0.05, 0) is 53.9 Å². The van der Waals surface area contributed by atoms with Crippen LogP contribution in [0.2, 0.25) is 0 Å². The number of halogens is 2. The Balaban J connectivity index is 1.54. The molecule has 2 aromatic heterocycles. The van der Waals surface area contributed by atoms with Crippen LogP contribution >= 0.6 is 0 Å². The van der Waals surface area contributed by atoms with Crippen molar-refractivity contribution in [1.82, 2.24) is 14.5 Å².